The van der Waals surface area contributed by atoms with E-state index in [4.69, 9.17) is 14.7 Å². The Morgan fingerprint density at radius 2 is 1.63 bits per heavy atom. The number of carbonyl (C=O) groups excluding carboxylic acids is 2. The minimum atomic E-state index is -1.02. The SMILES string of the molecule is CC(OC(=O)C1c2ccccc2Oc2ccccc21)C(=O)Nc1cccc(C#N)c1. The minimum absolute atomic E-state index is 0.424. The zero-order valence-electron chi connectivity index (χ0n) is 16.2. The monoisotopic (exact) mass is 398 g/mol. The largest absolute Gasteiger partial charge is 0.457 e. The Morgan fingerprint density at radius 3 is 2.27 bits per heavy atom. The van der Waals surface area contributed by atoms with E-state index in [2.05, 4.69) is 5.32 Å². The number of hydrogen-bond acceptors (Lipinski definition) is 5. The van der Waals surface area contributed by atoms with E-state index in [0.29, 0.717) is 33.9 Å². The van der Waals surface area contributed by atoms with Crippen LogP contribution in [-0.2, 0) is 14.3 Å². The molecule has 1 atom stereocenters. The van der Waals surface area contributed by atoms with Gasteiger partial charge in [0.25, 0.3) is 5.91 Å². The fourth-order valence-corrected chi connectivity index (χ4v) is 3.37. The molecule has 6 heteroatoms. The summed E-state index contributed by atoms with van der Waals surface area (Å²) in [7, 11) is 0. The molecule has 148 valence electrons. The van der Waals surface area contributed by atoms with Gasteiger partial charge < -0.3 is 14.8 Å². The molecule has 0 saturated heterocycles. The second-order valence-corrected chi connectivity index (χ2v) is 6.87. The first-order valence-electron chi connectivity index (χ1n) is 9.44. The highest BCUT2D eigenvalue weighted by atomic mass is 16.5. The average molecular weight is 398 g/mol. The van der Waals surface area contributed by atoms with Gasteiger partial charge in [0.15, 0.2) is 6.10 Å². The highest BCUT2D eigenvalue weighted by molar-refractivity contribution is 5.96. The van der Waals surface area contributed by atoms with Gasteiger partial charge >= 0.3 is 5.97 Å². The van der Waals surface area contributed by atoms with E-state index in [-0.39, 0.29) is 0 Å². The lowest BCUT2D eigenvalue weighted by Crippen LogP contribution is -2.32. The number of ether oxygens (including phenoxy) is 2. The molecule has 0 saturated carbocycles. The van der Waals surface area contributed by atoms with Crippen molar-refractivity contribution >= 4 is 17.6 Å². The van der Waals surface area contributed by atoms with Crippen LogP contribution in [0.1, 0.15) is 29.5 Å². The smallest absolute Gasteiger partial charge is 0.318 e. The number of nitriles is 1. The molecule has 1 heterocycles. The topological polar surface area (TPSA) is 88.4 Å². The third-order valence-electron chi connectivity index (χ3n) is 4.84. The number of benzene rings is 3. The van der Waals surface area contributed by atoms with Gasteiger partial charge in [0.1, 0.15) is 17.4 Å². The molecule has 30 heavy (non-hydrogen) atoms. The number of hydrogen-bond donors (Lipinski definition) is 1. The van der Waals surface area contributed by atoms with E-state index in [0.717, 1.165) is 0 Å². The Labute approximate surface area is 173 Å². The van der Waals surface area contributed by atoms with E-state index in [1.807, 2.05) is 42.5 Å². The standard InChI is InChI=1S/C24H18N2O4/c1-15(23(27)26-17-8-6-7-16(13-17)14-25)29-24(28)22-18-9-2-4-11-20(18)30-21-12-5-3-10-19(21)22/h2-13,15,22H,1H3,(H,26,27). The molecule has 1 amide bonds. The molecule has 0 fully saturated rings. The lowest BCUT2D eigenvalue weighted by atomic mass is 9.88. The zero-order chi connectivity index (χ0) is 21.1. The molecule has 1 N–H and O–H groups in total. The van der Waals surface area contributed by atoms with Crippen LogP contribution in [0.2, 0.25) is 0 Å². The molecule has 6 nitrogen and oxygen atoms in total. The molecule has 1 aliphatic rings. The highest BCUT2D eigenvalue weighted by Crippen LogP contribution is 2.44. The Hall–Kier alpha value is -4.11. The average Bonchev–Trinajstić information content (AvgIpc) is 2.77. The van der Waals surface area contributed by atoms with Gasteiger partial charge in [0, 0.05) is 16.8 Å². The van der Waals surface area contributed by atoms with Crippen LogP contribution in [0.15, 0.2) is 72.8 Å². The summed E-state index contributed by atoms with van der Waals surface area (Å²) in [6.45, 7) is 1.51. The lowest BCUT2D eigenvalue weighted by Gasteiger charge is -2.27. The molecule has 3 aromatic carbocycles. The van der Waals surface area contributed by atoms with Crippen LogP contribution in [0, 0.1) is 11.3 Å². The minimum Gasteiger partial charge on any atom is -0.457 e. The lowest BCUT2D eigenvalue weighted by molar-refractivity contribution is -0.153. The van der Waals surface area contributed by atoms with Crippen molar-refractivity contribution in [2.75, 3.05) is 5.32 Å². The molecule has 3 aromatic rings. The summed E-state index contributed by atoms with van der Waals surface area (Å²) < 4.78 is 11.4. The number of nitrogens with one attached hydrogen (secondary N) is 1. The maximum atomic E-state index is 13.1. The summed E-state index contributed by atoms with van der Waals surface area (Å²) in [4.78, 5) is 25.6. The predicted molar refractivity (Wildman–Crippen MR) is 110 cm³/mol. The van der Waals surface area contributed by atoms with Crippen molar-refractivity contribution in [3.05, 3.63) is 89.5 Å². The molecule has 1 aliphatic heterocycles. The molecule has 4 rings (SSSR count). The number of anilines is 1. The predicted octanol–water partition coefficient (Wildman–Crippen LogP) is 4.37. The van der Waals surface area contributed by atoms with E-state index in [1.165, 1.54) is 6.92 Å². The van der Waals surface area contributed by atoms with E-state index in [1.54, 1.807) is 36.4 Å². The van der Waals surface area contributed by atoms with Gasteiger partial charge in [-0.05, 0) is 37.3 Å². The number of esters is 1. The van der Waals surface area contributed by atoms with Crippen molar-refractivity contribution in [3.63, 3.8) is 0 Å². The molecule has 0 radical (unpaired) electrons. The van der Waals surface area contributed by atoms with Crippen molar-refractivity contribution in [1.82, 2.24) is 0 Å². The van der Waals surface area contributed by atoms with Crippen molar-refractivity contribution in [3.8, 4) is 17.6 Å². The summed E-state index contributed by atoms with van der Waals surface area (Å²) in [5.74, 6) is -0.533. The van der Waals surface area contributed by atoms with E-state index in [9.17, 15) is 9.59 Å². The van der Waals surface area contributed by atoms with Crippen LogP contribution in [0.4, 0.5) is 5.69 Å². The van der Waals surface area contributed by atoms with Gasteiger partial charge in [-0.15, -0.1) is 0 Å². The van der Waals surface area contributed by atoms with Gasteiger partial charge in [-0.25, -0.2) is 0 Å². The van der Waals surface area contributed by atoms with Crippen LogP contribution in [0.3, 0.4) is 0 Å². The highest BCUT2D eigenvalue weighted by Gasteiger charge is 2.35. The molecular weight excluding hydrogens is 380 g/mol. The number of carbonyl (C=O) groups is 2. The van der Waals surface area contributed by atoms with Gasteiger partial charge in [-0.3, -0.25) is 9.59 Å². The second kappa shape index (κ2) is 8.10. The fraction of sp³-hybridized carbons (Fsp3) is 0.125. The number of fused-ring (bicyclic) bond motifs is 2. The van der Waals surface area contributed by atoms with Crippen LogP contribution >= 0.6 is 0 Å². The van der Waals surface area contributed by atoms with Crippen LogP contribution in [-0.4, -0.2) is 18.0 Å². The quantitative estimate of drug-likeness (QED) is 0.660. The van der Waals surface area contributed by atoms with E-state index >= 15 is 0 Å². The number of para-hydroxylation sites is 2. The first-order valence-corrected chi connectivity index (χ1v) is 9.44. The molecule has 0 aliphatic carbocycles. The molecular formula is C24H18N2O4. The number of rotatable bonds is 4. The third kappa shape index (κ3) is 3.74. The Balaban J connectivity index is 1.54. The fourth-order valence-electron chi connectivity index (χ4n) is 3.37. The van der Waals surface area contributed by atoms with Gasteiger partial charge in [0.2, 0.25) is 0 Å². The Morgan fingerprint density at radius 1 is 1.00 bits per heavy atom. The number of amides is 1. The normalized spacial score (nSPS) is 13.1. The summed E-state index contributed by atoms with van der Waals surface area (Å²) in [5.41, 5.74) is 2.27. The summed E-state index contributed by atoms with van der Waals surface area (Å²) in [6.07, 6.45) is -1.02. The zero-order valence-corrected chi connectivity index (χ0v) is 16.2. The molecule has 1 unspecified atom stereocenters. The van der Waals surface area contributed by atoms with Crippen molar-refractivity contribution in [1.29, 1.82) is 5.26 Å². The Bertz CT molecular complexity index is 1120. The van der Waals surface area contributed by atoms with Gasteiger partial charge in [-0.1, -0.05) is 42.5 Å². The summed E-state index contributed by atoms with van der Waals surface area (Å²) >= 11 is 0. The van der Waals surface area contributed by atoms with Gasteiger partial charge in [0.05, 0.1) is 11.6 Å². The van der Waals surface area contributed by atoms with E-state index < -0.39 is 23.9 Å². The van der Waals surface area contributed by atoms with Crippen molar-refractivity contribution < 1.29 is 19.1 Å². The van der Waals surface area contributed by atoms with Gasteiger partial charge in [-0.2, -0.15) is 5.26 Å². The third-order valence-corrected chi connectivity index (χ3v) is 4.84. The Kier molecular flexibility index (Phi) is 5.19. The van der Waals surface area contributed by atoms with Crippen molar-refractivity contribution in [2.45, 2.75) is 18.9 Å². The first-order chi connectivity index (χ1) is 14.6. The maximum absolute atomic E-state index is 13.1. The number of nitrogens with zero attached hydrogens (tertiary/aromatic N) is 1. The molecule has 0 bridgehead atoms. The second-order valence-electron chi connectivity index (χ2n) is 6.87. The van der Waals surface area contributed by atoms with Crippen LogP contribution < -0.4 is 10.1 Å². The van der Waals surface area contributed by atoms with Crippen molar-refractivity contribution in [2.24, 2.45) is 0 Å². The van der Waals surface area contributed by atoms with Crippen LogP contribution in [0.5, 0.6) is 11.5 Å². The van der Waals surface area contributed by atoms with Crippen LogP contribution in [0.25, 0.3) is 0 Å². The first kappa shape index (κ1) is 19.2. The molecule has 0 spiro atoms. The summed E-state index contributed by atoms with van der Waals surface area (Å²) in [5, 5.41) is 11.7. The molecule has 0 aromatic heterocycles. The summed E-state index contributed by atoms with van der Waals surface area (Å²) in [6, 6.07) is 23.1. The maximum Gasteiger partial charge on any atom is 0.318 e.